The smallest absolute Gasteiger partial charge is 0.383 e. The van der Waals surface area contributed by atoms with Crippen LogP contribution in [0.4, 0.5) is 17.6 Å². The number of alkyl halides is 3. The summed E-state index contributed by atoms with van der Waals surface area (Å²) in [5.41, 5.74) is -1.63. The van der Waals surface area contributed by atoms with E-state index in [0.29, 0.717) is 25.3 Å². The van der Waals surface area contributed by atoms with Gasteiger partial charge in [0.2, 0.25) is 0 Å². The van der Waals surface area contributed by atoms with Crippen LogP contribution in [0.15, 0.2) is 18.2 Å². The van der Waals surface area contributed by atoms with E-state index in [-0.39, 0.29) is 11.5 Å². The minimum atomic E-state index is -4.83. The standard InChI is InChI=1S/C16H20F4N2O2/c1-24-7-6-22-5-4-11(10-22)9-21-15(23)12-2-3-14(17)13(8-12)16(18,19)20/h2-3,8,11H,4-7,9-10H2,1H3,(H,21,23)/t11-/m0/s1. The number of ether oxygens (including phenoxy) is 1. The molecule has 1 N–H and O–H groups in total. The van der Waals surface area contributed by atoms with Gasteiger partial charge in [0.05, 0.1) is 12.2 Å². The Morgan fingerprint density at radius 2 is 2.17 bits per heavy atom. The molecule has 0 aliphatic carbocycles. The van der Waals surface area contributed by atoms with Gasteiger partial charge in [-0.05, 0) is 37.1 Å². The molecular formula is C16H20F4N2O2. The SMILES string of the molecule is COCCN1CC[C@@H](CNC(=O)c2ccc(F)c(C(F)(F)F)c2)C1. The molecule has 1 aliphatic heterocycles. The number of halogens is 4. The highest BCUT2D eigenvalue weighted by Gasteiger charge is 2.34. The molecule has 8 heteroatoms. The number of benzene rings is 1. The van der Waals surface area contributed by atoms with Crippen molar-refractivity contribution in [3.8, 4) is 0 Å². The normalized spacial score (nSPS) is 18.8. The van der Waals surface area contributed by atoms with E-state index >= 15 is 0 Å². The lowest BCUT2D eigenvalue weighted by Gasteiger charge is -2.16. The lowest BCUT2D eigenvalue weighted by Crippen LogP contribution is -2.32. The van der Waals surface area contributed by atoms with Gasteiger partial charge in [-0.15, -0.1) is 0 Å². The number of nitrogens with zero attached hydrogens (tertiary/aromatic N) is 1. The van der Waals surface area contributed by atoms with E-state index in [9.17, 15) is 22.4 Å². The third-order valence-corrected chi connectivity index (χ3v) is 4.07. The Morgan fingerprint density at radius 3 is 2.83 bits per heavy atom. The first kappa shape index (κ1) is 18.7. The van der Waals surface area contributed by atoms with E-state index in [4.69, 9.17) is 4.74 Å². The second-order valence-corrected chi connectivity index (χ2v) is 5.85. The van der Waals surface area contributed by atoms with Gasteiger partial charge in [-0.25, -0.2) is 4.39 Å². The van der Waals surface area contributed by atoms with Gasteiger partial charge >= 0.3 is 6.18 Å². The molecule has 4 nitrogen and oxygen atoms in total. The molecule has 1 aliphatic rings. The second-order valence-electron chi connectivity index (χ2n) is 5.85. The van der Waals surface area contributed by atoms with Crippen molar-refractivity contribution in [3.05, 3.63) is 35.1 Å². The number of methoxy groups -OCH3 is 1. The Balaban J connectivity index is 1.89. The topological polar surface area (TPSA) is 41.6 Å². The second kappa shape index (κ2) is 7.94. The molecule has 24 heavy (non-hydrogen) atoms. The number of carbonyl (C=O) groups is 1. The van der Waals surface area contributed by atoms with E-state index in [2.05, 4.69) is 10.2 Å². The Hall–Kier alpha value is -1.67. The third kappa shape index (κ3) is 4.91. The fraction of sp³-hybridized carbons (Fsp3) is 0.562. The summed E-state index contributed by atoms with van der Waals surface area (Å²) >= 11 is 0. The minimum absolute atomic E-state index is 0.196. The summed E-state index contributed by atoms with van der Waals surface area (Å²) < 4.78 is 56.3. The van der Waals surface area contributed by atoms with Crippen LogP contribution >= 0.6 is 0 Å². The number of hydrogen-bond acceptors (Lipinski definition) is 3. The summed E-state index contributed by atoms with van der Waals surface area (Å²) in [6.45, 7) is 3.53. The first-order valence-corrected chi connectivity index (χ1v) is 7.67. The van der Waals surface area contributed by atoms with Crippen LogP contribution in [0, 0.1) is 11.7 Å². The first-order valence-electron chi connectivity index (χ1n) is 7.67. The maximum absolute atomic E-state index is 13.2. The number of hydrogen-bond donors (Lipinski definition) is 1. The summed E-state index contributed by atoms with van der Waals surface area (Å²) in [6.07, 6.45) is -3.92. The molecule has 1 aromatic carbocycles. The molecular weight excluding hydrogens is 328 g/mol. The molecule has 0 bridgehead atoms. The summed E-state index contributed by atoms with van der Waals surface area (Å²) in [5.74, 6) is -1.77. The Labute approximate surface area is 137 Å². The zero-order valence-electron chi connectivity index (χ0n) is 13.3. The highest BCUT2D eigenvalue weighted by molar-refractivity contribution is 5.94. The van der Waals surface area contributed by atoms with Crippen molar-refractivity contribution < 1.29 is 27.1 Å². The van der Waals surface area contributed by atoms with Crippen molar-refractivity contribution in [1.29, 1.82) is 0 Å². The minimum Gasteiger partial charge on any atom is -0.383 e. The molecule has 134 valence electrons. The van der Waals surface area contributed by atoms with Crippen LogP contribution in [0.1, 0.15) is 22.3 Å². The van der Waals surface area contributed by atoms with E-state index in [1.165, 1.54) is 0 Å². The average molecular weight is 348 g/mol. The van der Waals surface area contributed by atoms with Crippen molar-refractivity contribution in [2.75, 3.05) is 39.9 Å². The van der Waals surface area contributed by atoms with Crippen molar-refractivity contribution in [2.24, 2.45) is 5.92 Å². The fourth-order valence-corrected chi connectivity index (χ4v) is 2.73. The maximum atomic E-state index is 13.2. The van der Waals surface area contributed by atoms with Gasteiger partial charge < -0.3 is 15.0 Å². The van der Waals surface area contributed by atoms with Crippen molar-refractivity contribution in [2.45, 2.75) is 12.6 Å². The van der Waals surface area contributed by atoms with Gasteiger partial charge in [0, 0.05) is 32.3 Å². The number of rotatable bonds is 6. The first-order chi connectivity index (χ1) is 11.3. The van der Waals surface area contributed by atoms with Crippen LogP contribution in [0.3, 0.4) is 0 Å². The molecule has 0 aromatic heterocycles. The van der Waals surface area contributed by atoms with E-state index in [1.54, 1.807) is 7.11 Å². The van der Waals surface area contributed by atoms with Crippen LogP contribution in [-0.2, 0) is 10.9 Å². The summed E-state index contributed by atoms with van der Waals surface area (Å²) in [5, 5.41) is 2.63. The van der Waals surface area contributed by atoms with Gasteiger partial charge in [-0.3, -0.25) is 4.79 Å². The highest BCUT2D eigenvalue weighted by Crippen LogP contribution is 2.31. The molecule has 1 atom stereocenters. The summed E-state index contributed by atoms with van der Waals surface area (Å²) in [6, 6.07) is 2.27. The molecule has 0 saturated carbocycles. The van der Waals surface area contributed by atoms with Crippen LogP contribution in [0.2, 0.25) is 0 Å². The lowest BCUT2D eigenvalue weighted by molar-refractivity contribution is -0.140. The third-order valence-electron chi connectivity index (χ3n) is 4.07. The maximum Gasteiger partial charge on any atom is 0.419 e. The van der Waals surface area contributed by atoms with Crippen LogP contribution < -0.4 is 5.32 Å². The summed E-state index contributed by atoms with van der Waals surface area (Å²) in [4.78, 5) is 14.2. The van der Waals surface area contributed by atoms with Crippen molar-refractivity contribution >= 4 is 5.91 Å². The Morgan fingerprint density at radius 1 is 1.42 bits per heavy atom. The van der Waals surface area contributed by atoms with Gasteiger partial charge in [-0.1, -0.05) is 0 Å². The average Bonchev–Trinajstić information content (AvgIpc) is 2.97. The summed E-state index contributed by atoms with van der Waals surface area (Å²) in [7, 11) is 1.63. The number of amides is 1. The number of nitrogens with one attached hydrogen (secondary N) is 1. The van der Waals surface area contributed by atoms with E-state index < -0.39 is 23.5 Å². The molecule has 2 rings (SSSR count). The van der Waals surface area contributed by atoms with Gasteiger partial charge in [0.15, 0.2) is 0 Å². The predicted molar refractivity (Wildman–Crippen MR) is 80.2 cm³/mol. The predicted octanol–water partition coefficient (Wildman–Crippen LogP) is 2.54. The van der Waals surface area contributed by atoms with Gasteiger partial charge in [0.25, 0.3) is 5.91 Å². The highest BCUT2D eigenvalue weighted by atomic mass is 19.4. The molecule has 0 unspecified atom stereocenters. The van der Waals surface area contributed by atoms with Gasteiger partial charge in [0.1, 0.15) is 5.82 Å². The zero-order valence-corrected chi connectivity index (χ0v) is 13.3. The molecule has 1 heterocycles. The lowest BCUT2D eigenvalue weighted by atomic mass is 10.1. The van der Waals surface area contributed by atoms with Crippen LogP contribution in [0.5, 0.6) is 0 Å². The quantitative estimate of drug-likeness (QED) is 0.804. The molecule has 1 aromatic rings. The van der Waals surface area contributed by atoms with Crippen LogP contribution in [-0.4, -0.2) is 50.7 Å². The number of likely N-dealkylation sites (tertiary alicyclic amines) is 1. The molecule has 1 fully saturated rings. The van der Waals surface area contributed by atoms with E-state index in [0.717, 1.165) is 32.1 Å². The monoisotopic (exact) mass is 348 g/mol. The van der Waals surface area contributed by atoms with Crippen molar-refractivity contribution in [1.82, 2.24) is 10.2 Å². The molecule has 0 radical (unpaired) electrons. The van der Waals surface area contributed by atoms with Crippen LogP contribution in [0.25, 0.3) is 0 Å². The molecule has 1 amide bonds. The van der Waals surface area contributed by atoms with Crippen molar-refractivity contribution in [3.63, 3.8) is 0 Å². The number of carbonyl (C=O) groups excluding carboxylic acids is 1. The Bertz CT molecular complexity index is 578. The zero-order chi connectivity index (χ0) is 17.7. The molecule has 1 saturated heterocycles. The fourth-order valence-electron chi connectivity index (χ4n) is 2.73. The molecule has 0 spiro atoms. The van der Waals surface area contributed by atoms with Gasteiger partial charge in [-0.2, -0.15) is 13.2 Å². The Kier molecular flexibility index (Phi) is 6.17. The largest absolute Gasteiger partial charge is 0.419 e. The van der Waals surface area contributed by atoms with E-state index in [1.807, 2.05) is 0 Å².